The molecule has 0 bridgehead atoms. The van der Waals surface area contributed by atoms with Gasteiger partial charge in [0.05, 0.1) is 17.2 Å². The lowest BCUT2D eigenvalue weighted by Gasteiger charge is -2.19. The molecule has 1 aromatic heterocycles. The number of nitrogens with one attached hydrogen (secondary N) is 2. The molecule has 0 fully saturated rings. The third-order valence-corrected chi connectivity index (χ3v) is 6.28. The zero-order chi connectivity index (χ0) is 28.3. The lowest BCUT2D eigenvalue weighted by molar-refractivity contribution is 0.0523. The Balaban J connectivity index is 0.000000947. The highest BCUT2D eigenvalue weighted by atomic mass is 35.5. The number of hydrogen-bond acceptors (Lipinski definition) is 5. The Labute approximate surface area is 235 Å². The number of amides is 2. The first-order valence-corrected chi connectivity index (χ1v) is 14.3. The molecule has 0 radical (unpaired) electrons. The summed E-state index contributed by atoms with van der Waals surface area (Å²) in [5, 5.41) is 7.99. The Kier molecular flexibility index (Phi) is 12.1. The standard InChI is InChI=1S/C25H25ClN2O4S.C3H8.C2H6/c1-25(2,3)32-24(30)27-14-15-4-6-17(7-5-15)28-23(29)18-12-19-21(13-20(18)26)31-10-8-16-9-11-33-22(16)19;1-3-2;1-2/h4-7,9,11-13H,8,10,14H2,1-3H3,(H,27,30)(H,28,29);3H2,1-2H3;1-2H3. The van der Waals surface area contributed by atoms with E-state index in [4.69, 9.17) is 21.1 Å². The van der Waals surface area contributed by atoms with Crippen molar-refractivity contribution in [3.8, 4) is 16.2 Å². The van der Waals surface area contributed by atoms with Crippen LogP contribution in [0.1, 0.15) is 76.4 Å². The summed E-state index contributed by atoms with van der Waals surface area (Å²) >= 11 is 8.06. The van der Waals surface area contributed by atoms with Gasteiger partial charge in [0.2, 0.25) is 0 Å². The highest BCUT2D eigenvalue weighted by Crippen LogP contribution is 2.41. The van der Waals surface area contributed by atoms with Crippen molar-refractivity contribution in [3.63, 3.8) is 0 Å². The van der Waals surface area contributed by atoms with Crippen molar-refractivity contribution in [1.82, 2.24) is 5.32 Å². The maximum absolute atomic E-state index is 13.0. The number of anilines is 1. The first kappa shape index (κ1) is 31.2. The average molecular weight is 559 g/mol. The number of thiophene rings is 1. The molecule has 0 aliphatic carbocycles. The number of alkyl carbamates (subject to hydrolysis) is 1. The fourth-order valence-corrected chi connectivity index (χ4v) is 4.67. The van der Waals surface area contributed by atoms with E-state index in [1.165, 1.54) is 12.0 Å². The van der Waals surface area contributed by atoms with Gasteiger partial charge in [-0.2, -0.15) is 0 Å². The minimum absolute atomic E-state index is 0.301. The summed E-state index contributed by atoms with van der Waals surface area (Å²) < 4.78 is 11.1. The predicted molar refractivity (Wildman–Crippen MR) is 159 cm³/mol. The number of hydrogen-bond donors (Lipinski definition) is 2. The second-order valence-electron chi connectivity index (χ2n) is 9.42. The van der Waals surface area contributed by atoms with Crippen molar-refractivity contribution < 1.29 is 19.1 Å². The van der Waals surface area contributed by atoms with Crippen molar-refractivity contribution in [2.24, 2.45) is 0 Å². The summed E-state index contributed by atoms with van der Waals surface area (Å²) in [5.74, 6) is 0.393. The Bertz CT molecular complexity index is 1200. The third kappa shape index (κ3) is 9.07. The highest BCUT2D eigenvalue weighted by Gasteiger charge is 2.22. The number of ether oxygens (including phenoxy) is 2. The van der Waals surface area contributed by atoms with Gasteiger partial charge in [-0.25, -0.2) is 4.79 Å². The molecule has 3 aromatic rings. The van der Waals surface area contributed by atoms with E-state index < -0.39 is 11.7 Å². The van der Waals surface area contributed by atoms with Gasteiger partial charge in [-0.15, -0.1) is 11.3 Å². The molecule has 0 atom stereocenters. The minimum Gasteiger partial charge on any atom is -0.493 e. The Morgan fingerprint density at radius 2 is 1.74 bits per heavy atom. The van der Waals surface area contributed by atoms with Gasteiger partial charge in [-0.1, -0.05) is 57.8 Å². The van der Waals surface area contributed by atoms with Crippen LogP contribution in [0.15, 0.2) is 47.8 Å². The molecule has 0 unspecified atom stereocenters. The molecule has 8 heteroatoms. The molecule has 2 amide bonds. The number of carbonyl (C=O) groups is 2. The van der Waals surface area contributed by atoms with Crippen LogP contribution in [0.4, 0.5) is 10.5 Å². The van der Waals surface area contributed by atoms with E-state index in [1.54, 1.807) is 35.6 Å². The van der Waals surface area contributed by atoms with Crippen LogP contribution in [-0.2, 0) is 17.7 Å². The molecular weight excluding hydrogens is 520 g/mol. The summed E-state index contributed by atoms with van der Waals surface area (Å²) in [7, 11) is 0. The van der Waals surface area contributed by atoms with Crippen LogP contribution in [-0.4, -0.2) is 24.2 Å². The van der Waals surface area contributed by atoms with Gasteiger partial charge in [0.25, 0.3) is 5.91 Å². The molecule has 38 heavy (non-hydrogen) atoms. The van der Waals surface area contributed by atoms with Crippen LogP contribution >= 0.6 is 22.9 Å². The normalized spacial score (nSPS) is 11.6. The average Bonchev–Trinajstić information content (AvgIpc) is 3.26. The number of halogens is 1. The first-order valence-electron chi connectivity index (χ1n) is 13.0. The van der Waals surface area contributed by atoms with E-state index in [1.807, 2.05) is 52.1 Å². The van der Waals surface area contributed by atoms with Crippen LogP contribution in [0.3, 0.4) is 0 Å². The molecule has 0 saturated heterocycles. The zero-order valence-electron chi connectivity index (χ0n) is 23.4. The van der Waals surface area contributed by atoms with Crippen molar-refractivity contribution >= 4 is 40.6 Å². The predicted octanol–water partition coefficient (Wildman–Crippen LogP) is 8.72. The number of fused-ring (bicyclic) bond motifs is 3. The molecule has 6 nitrogen and oxygen atoms in total. The van der Waals surface area contributed by atoms with Gasteiger partial charge in [-0.3, -0.25) is 4.79 Å². The van der Waals surface area contributed by atoms with Crippen molar-refractivity contribution in [1.29, 1.82) is 0 Å². The maximum Gasteiger partial charge on any atom is 0.407 e. The lowest BCUT2D eigenvalue weighted by Crippen LogP contribution is -2.32. The van der Waals surface area contributed by atoms with Crippen LogP contribution in [0, 0.1) is 0 Å². The SMILES string of the molecule is CC.CC(C)(C)OC(=O)NCc1ccc(NC(=O)c2cc3c(cc2Cl)OCCc2ccsc2-3)cc1.CCC. The fraction of sp³-hybridized carbons (Fsp3) is 0.400. The van der Waals surface area contributed by atoms with Crippen molar-refractivity contribution in [2.75, 3.05) is 11.9 Å². The van der Waals surface area contributed by atoms with Crippen molar-refractivity contribution in [3.05, 3.63) is 69.6 Å². The van der Waals surface area contributed by atoms with Crippen molar-refractivity contribution in [2.45, 2.75) is 73.5 Å². The van der Waals surface area contributed by atoms with Gasteiger partial charge in [0, 0.05) is 35.2 Å². The van der Waals surface area contributed by atoms with Crippen LogP contribution in [0.25, 0.3) is 10.4 Å². The van der Waals surface area contributed by atoms with Gasteiger partial charge < -0.3 is 20.1 Å². The molecule has 206 valence electrons. The van der Waals surface area contributed by atoms with Gasteiger partial charge in [-0.05, 0) is 61.5 Å². The second kappa shape index (κ2) is 14.8. The smallest absolute Gasteiger partial charge is 0.407 e. The number of carbonyl (C=O) groups excluding carboxylic acids is 2. The minimum atomic E-state index is -0.549. The second-order valence-corrected chi connectivity index (χ2v) is 10.7. The largest absolute Gasteiger partial charge is 0.493 e. The molecular formula is C30H39ClN2O4S. The lowest BCUT2D eigenvalue weighted by atomic mass is 10.0. The van der Waals surface area contributed by atoms with Gasteiger partial charge in [0.15, 0.2) is 0 Å². The first-order chi connectivity index (χ1) is 18.1. The molecule has 2 N–H and O–H groups in total. The topological polar surface area (TPSA) is 76.7 Å². The van der Waals surface area contributed by atoms with Crippen LogP contribution < -0.4 is 15.4 Å². The molecule has 0 saturated carbocycles. The molecule has 1 aliphatic heterocycles. The summed E-state index contributed by atoms with van der Waals surface area (Å²) in [6, 6.07) is 12.8. The van der Waals surface area contributed by atoms with E-state index >= 15 is 0 Å². The zero-order valence-corrected chi connectivity index (χ0v) is 24.9. The molecule has 0 spiro atoms. The van der Waals surface area contributed by atoms with E-state index in [0.29, 0.717) is 35.2 Å². The van der Waals surface area contributed by atoms with E-state index in [-0.39, 0.29) is 5.91 Å². The molecule has 2 aromatic carbocycles. The number of benzene rings is 2. The number of rotatable bonds is 4. The highest BCUT2D eigenvalue weighted by molar-refractivity contribution is 7.13. The van der Waals surface area contributed by atoms with Gasteiger partial charge >= 0.3 is 6.09 Å². The summed E-state index contributed by atoms with van der Waals surface area (Å²) in [4.78, 5) is 25.9. The van der Waals surface area contributed by atoms with Crippen LogP contribution in [0.5, 0.6) is 5.75 Å². The molecule has 4 rings (SSSR count). The fourth-order valence-electron chi connectivity index (χ4n) is 3.46. The van der Waals surface area contributed by atoms with E-state index in [0.717, 1.165) is 22.4 Å². The van der Waals surface area contributed by atoms with E-state index in [9.17, 15) is 9.59 Å². The Morgan fingerprint density at radius 1 is 1.08 bits per heavy atom. The van der Waals surface area contributed by atoms with Gasteiger partial charge in [0.1, 0.15) is 11.4 Å². The summed E-state index contributed by atoms with van der Waals surface area (Å²) in [6.45, 7) is 14.6. The monoisotopic (exact) mass is 558 g/mol. The van der Waals surface area contributed by atoms with E-state index in [2.05, 4.69) is 30.5 Å². The Hall–Kier alpha value is -3.03. The van der Waals surface area contributed by atoms with Crippen LogP contribution in [0.2, 0.25) is 5.02 Å². The Morgan fingerprint density at radius 3 is 2.37 bits per heavy atom. The summed E-state index contributed by atoms with van der Waals surface area (Å²) in [6.07, 6.45) is 1.59. The quantitative estimate of drug-likeness (QED) is 0.335. The summed E-state index contributed by atoms with van der Waals surface area (Å²) in [5.41, 5.74) is 3.44. The molecule has 1 aliphatic rings. The maximum atomic E-state index is 13.0. The molecule has 2 heterocycles. The third-order valence-electron chi connectivity index (χ3n) is 4.98.